The van der Waals surface area contributed by atoms with E-state index in [0.29, 0.717) is 5.69 Å². The second-order valence-electron chi connectivity index (χ2n) is 9.97. The molecule has 10 heteroatoms. The Morgan fingerprint density at radius 2 is 1.61 bits per heavy atom. The number of amides is 2. The molecule has 0 aliphatic rings. The molecule has 0 bridgehead atoms. The number of H-pyrrole nitrogens is 1. The summed E-state index contributed by atoms with van der Waals surface area (Å²) in [6.45, 7) is 5.23. The Bertz CT molecular complexity index is 1560. The molecule has 0 aliphatic carbocycles. The minimum atomic E-state index is -3.73. The van der Waals surface area contributed by atoms with Crippen molar-refractivity contribution in [2.24, 2.45) is 0 Å². The Balaban J connectivity index is 1.55. The van der Waals surface area contributed by atoms with E-state index in [-0.39, 0.29) is 16.9 Å². The molecule has 198 valence electrons. The fourth-order valence-corrected chi connectivity index (χ4v) is 5.40. The summed E-state index contributed by atoms with van der Waals surface area (Å²) in [5.74, 6) is -1.49. The van der Waals surface area contributed by atoms with Crippen molar-refractivity contribution >= 4 is 38.4 Å². The van der Waals surface area contributed by atoms with Crippen molar-refractivity contribution in [3.05, 3.63) is 95.9 Å². The van der Waals surface area contributed by atoms with Crippen LogP contribution in [0.15, 0.2) is 83.9 Å². The molecule has 0 aliphatic heterocycles. The summed E-state index contributed by atoms with van der Waals surface area (Å²) in [5.41, 5.74) is 1.65. The average molecular weight is 537 g/mol. The van der Waals surface area contributed by atoms with E-state index in [1.807, 2.05) is 24.3 Å². The number of benzene rings is 3. The summed E-state index contributed by atoms with van der Waals surface area (Å²) in [4.78, 5) is 29.4. The number of anilines is 1. The van der Waals surface area contributed by atoms with Gasteiger partial charge >= 0.3 is 0 Å². The van der Waals surface area contributed by atoms with Gasteiger partial charge in [-0.05, 0) is 80.9 Å². The van der Waals surface area contributed by atoms with Crippen LogP contribution in [-0.2, 0) is 21.2 Å². The van der Waals surface area contributed by atoms with Gasteiger partial charge in [0.2, 0.25) is 15.9 Å². The fraction of sp³-hybridized carbons (Fsp3) is 0.214. The highest BCUT2D eigenvalue weighted by atomic mass is 32.2. The monoisotopic (exact) mass is 536 g/mol. The molecule has 3 aromatic carbocycles. The largest absolute Gasteiger partial charge is 0.361 e. The van der Waals surface area contributed by atoms with Gasteiger partial charge in [0.25, 0.3) is 5.91 Å². The number of aromatic nitrogens is 1. The summed E-state index contributed by atoms with van der Waals surface area (Å²) in [7, 11) is -3.73. The second-order valence-corrected chi connectivity index (χ2v) is 11.6. The van der Waals surface area contributed by atoms with E-state index in [2.05, 4.69) is 20.3 Å². The first-order valence-corrected chi connectivity index (χ1v) is 13.5. The molecule has 4 N–H and O–H groups in total. The summed E-state index contributed by atoms with van der Waals surface area (Å²) < 4.78 is 41.1. The van der Waals surface area contributed by atoms with Gasteiger partial charge in [-0.1, -0.05) is 18.2 Å². The highest BCUT2D eigenvalue weighted by Gasteiger charge is 2.25. The number of carbonyl (C=O) groups is 2. The standard InChI is InChI=1S/C28H29FN4O4S/c1-28(2,3)33-38(36,37)22-14-12-21(13-15-22)31-27(35)25(32-26(34)18-8-10-20(29)11-9-18)16-19-17-30-24-7-5-4-6-23(19)24/h4-15,17,25,30,33H,16H2,1-3H3,(H,31,35)(H,32,34). The topological polar surface area (TPSA) is 120 Å². The lowest BCUT2D eigenvalue weighted by molar-refractivity contribution is -0.118. The van der Waals surface area contributed by atoms with Gasteiger partial charge in [-0.2, -0.15) is 0 Å². The van der Waals surface area contributed by atoms with E-state index in [0.717, 1.165) is 16.5 Å². The highest BCUT2D eigenvalue weighted by Crippen LogP contribution is 2.21. The lowest BCUT2D eigenvalue weighted by atomic mass is 10.0. The lowest BCUT2D eigenvalue weighted by Gasteiger charge is -2.21. The SMILES string of the molecule is CC(C)(C)NS(=O)(=O)c1ccc(NC(=O)C(Cc2c[nH]c3ccccc23)NC(=O)c2ccc(F)cc2)cc1. The normalized spacial score (nSPS) is 12.7. The van der Waals surface area contributed by atoms with Gasteiger partial charge in [0.05, 0.1) is 4.90 Å². The van der Waals surface area contributed by atoms with Gasteiger partial charge in [0.15, 0.2) is 0 Å². The maximum atomic E-state index is 13.3. The number of rotatable bonds is 8. The van der Waals surface area contributed by atoms with Crippen LogP contribution >= 0.6 is 0 Å². The number of nitrogens with one attached hydrogen (secondary N) is 4. The number of hydrogen-bond acceptors (Lipinski definition) is 4. The molecular formula is C28H29FN4O4S. The number of para-hydroxylation sites is 1. The maximum Gasteiger partial charge on any atom is 0.251 e. The van der Waals surface area contributed by atoms with Crippen LogP contribution < -0.4 is 15.4 Å². The predicted octanol–water partition coefficient (Wildman–Crippen LogP) is 4.36. The van der Waals surface area contributed by atoms with E-state index in [1.54, 1.807) is 27.0 Å². The van der Waals surface area contributed by atoms with Crippen LogP contribution in [0.3, 0.4) is 0 Å². The number of hydrogen-bond donors (Lipinski definition) is 4. The minimum absolute atomic E-state index is 0.0605. The predicted molar refractivity (Wildman–Crippen MR) is 145 cm³/mol. The first kappa shape index (κ1) is 27.0. The Hall–Kier alpha value is -4.02. The molecular weight excluding hydrogens is 507 g/mol. The summed E-state index contributed by atoms with van der Waals surface area (Å²) in [6.07, 6.45) is 1.97. The first-order chi connectivity index (χ1) is 17.9. The van der Waals surface area contributed by atoms with Crippen LogP contribution in [0.4, 0.5) is 10.1 Å². The van der Waals surface area contributed by atoms with Crippen LogP contribution in [0, 0.1) is 5.82 Å². The van der Waals surface area contributed by atoms with Crippen molar-refractivity contribution in [2.45, 2.75) is 43.7 Å². The number of fused-ring (bicyclic) bond motifs is 1. The Kier molecular flexibility index (Phi) is 7.66. The summed E-state index contributed by atoms with van der Waals surface area (Å²) >= 11 is 0. The van der Waals surface area contributed by atoms with Crippen LogP contribution in [0.2, 0.25) is 0 Å². The maximum absolute atomic E-state index is 13.3. The van der Waals surface area contributed by atoms with Crippen molar-refractivity contribution < 1.29 is 22.4 Å². The molecule has 2 amide bonds. The third kappa shape index (κ3) is 6.64. The molecule has 4 aromatic rings. The molecule has 4 rings (SSSR count). The summed E-state index contributed by atoms with van der Waals surface area (Å²) in [6, 6.07) is 17.4. The zero-order valence-electron chi connectivity index (χ0n) is 21.2. The zero-order valence-corrected chi connectivity index (χ0v) is 22.0. The van der Waals surface area contributed by atoms with Crippen molar-refractivity contribution in [3.8, 4) is 0 Å². The zero-order chi connectivity index (χ0) is 27.5. The molecule has 0 fully saturated rings. The molecule has 0 saturated heterocycles. The minimum Gasteiger partial charge on any atom is -0.361 e. The van der Waals surface area contributed by atoms with Gasteiger partial charge in [0.1, 0.15) is 11.9 Å². The Labute approximate surface area is 220 Å². The lowest BCUT2D eigenvalue weighted by Crippen LogP contribution is -2.45. The van der Waals surface area contributed by atoms with E-state index < -0.39 is 39.2 Å². The molecule has 0 saturated carbocycles. The quantitative estimate of drug-likeness (QED) is 0.267. The summed E-state index contributed by atoms with van der Waals surface area (Å²) in [5, 5.41) is 6.42. The first-order valence-electron chi connectivity index (χ1n) is 12.0. The molecule has 0 radical (unpaired) electrons. The number of sulfonamides is 1. The van der Waals surface area contributed by atoms with Crippen LogP contribution in [-0.4, -0.2) is 36.8 Å². The van der Waals surface area contributed by atoms with Crippen molar-refractivity contribution in [1.82, 2.24) is 15.0 Å². The fourth-order valence-electron chi connectivity index (χ4n) is 3.98. The molecule has 1 unspecified atom stereocenters. The van der Waals surface area contributed by atoms with Gasteiger partial charge < -0.3 is 15.6 Å². The highest BCUT2D eigenvalue weighted by molar-refractivity contribution is 7.89. The Morgan fingerprint density at radius 1 is 0.947 bits per heavy atom. The van der Waals surface area contributed by atoms with E-state index >= 15 is 0 Å². The molecule has 1 heterocycles. The van der Waals surface area contributed by atoms with E-state index in [9.17, 15) is 22.4 Å². The van der Waals surface area contributed by atoms with Gasteiger partial charge in [-0.25, -0.2) is 17.5 Å². The smallest absolute Gasteiger partial charge is 0.251 e. The van der Waals surface area contributed by atoms with E-state index in [1.165, 1.54) is 48.5 Å². The Morgan fingerprint density at radius 3 is 2.26 bits per heavy atom. The van der Waals surface area contributed by atoms with Gasteiger partial charge in [-0.15, -0.1) is 0 Å². The van der Waals surface area contributed by atoms with Crippen molar-refractivity contribution in [1.29, 1.82) is 0 Å². The molecule has 8 nitrogen and oxygen atoms in total. The van der Waals surface area contributed by atoms with Crippen LogP contribution in [0.1, 0.15) is 36.7 Å². The van der Waals surface area contributed by atoms with Crippen molar-refractivity contribution in [2.75, 3.05) is 5.32 Å². The molecule has 1 atom stereocenters. The molecule has 38 heavy (non-hydrogen) atoms. The number of halogens is 1. The van der Waals surface area contributed by atoms with Crippen LogP contribution in [0.5, 0.6) is 0 Å². The third-order valence-corrected chi connectivity index (χ3v) is 7.47. The number of aromatic amines is 1. The third-order valence-electron chi connectivity index (χ3n) is 5.70. The molecule has 1 aromatic heterocycles. The average Bonchev–Trinajstić information content (AvgIpc) is 3.25. The van der Waals surface area contributed by atoms with Crippen molar-refractivity contribution in [3.63, 3.8) is 0 Å². The van der Waals surface area contributed by atoms with Gasteiger partial charge in [0, 0.05) is 40.3 Å². The second kappa shape index (κ2) is 10.8. The number of carbonyl (C=O) groups excluding carboxylic acids is 2. The van der Waals surface area contributed by atoms with E-state index in [4.69, 9.17) is 0 Å². The van der Waals surface area contributed by atoms with Gasteiger partial charge in [-0.3, -0.25) is 9.59 Å². The van der Waals surface area contributed by atoms with Crippen LogP contribution in [0.25, 0.3) is 10.9 Å². The molecule has 0 spiro atoms.